The minimum absolute atomic E-state index is 0.121. The molecule has 2 heterocycles. The summed E-state index contributed by atoms with van der Waals surface area (Å²) in [6.45, 7) is 7.58. The molecule has 0 aliphatic rings. The third kappa shape index (κ3) is 3.94. The first-order chi connectivity index (χ1) is 13.2. The van der Waals surface area contributed by atoms with Gasteiger partial charge < -0.3 is 10.5 Å². The molecule has 7 nitrogen and oxygen atoms in total. The Morgan fingerprint density at radius 1 is 1.11 bits per heavy atom. The molecule has 2 aromatic heterocycles. The number of aromatic nitrogens is 3. The molecule has 1 aromatic carbocycles. The number of nitrogen functional groups attached to an aromatic ring is 1. The van der Waals surface area contributed by atoms with Crippen molar-refractivity contribution in [3.8, 4) is 17.3 Å². The number of aryl methyl sites for hydroxylation is 2. The topological polar surface area (TPSA) is 103 Å². The van der Waals surface area contributed by atoms with Gasteiger partial charge in [-0.25, -0.2) is 14.3 Å². The van der Waals surface area contributed by atoms with E-state index >= 15 is 0 Å². The highest BCUT2D eigenvalue weighted by atomic mass is 35.5. The third-order valence-corrected chi connectivity index (χ3v) is 4.34. The molecule has 0 atom stereocenters. The van der Waals surface area contributed by atoms with Crippen LogP contribution in [0.2, 0.25) is 5.15 Å². The normalized spacial score (nSPS) is 11.1. The van der Waals surface area contributed by atoms with Crippen molar-refractivity contribution in [2.24, 2.45) is 0 Å². The highest BCUT2D eigenvalue weighted by Gasteiger charge is 2.22. The van der Waals surface area contributed by atoms with E-state index in [0.717, 1.165) is 11.1 Å². The Balaban J connectivity index is 2.34. The maximum absolute atomic E-state index is 12.7. The minimum atomic E-state index is -0.657. The predicted octanol–water partition coefficient (Wildman–Crippen LogP) is 3.69. The lowest BCUT2D eigenvalue weighted by atomic mass is 10.1. The van der Waals surface area contributed by atoms with Crippen LogP contribution < -0.4 is 21.7 Å². The molecule has 0 unspecified atom stereocenters. The Bertz CT molecular complexity index is 1120. The zero-order chi connectivity index (χ0) is 20.6. The van der Waals surface area contributed by atoms with Crippen molar-refractivity contribution < 1.29 is 4.74 Å². The lowest BCUT2D eigenvalue weighted by molar-refractivity contribution is 0.430. The molecule has 3 rings (SSSR count). The summed E-state index contributed by atoms with van der Waals surface area (Å²) in [6, 6.07) is 8.65. The summed E-state index contributed by atoms with van der Waals surface area (Å²) in [5.74, 6) is 0.580. The fourth-order valence-corrected chi connectivity index (χ4v) is 3.32. The number of rotatable bonds is 4. The molecule has 8 heteroatoms. The predicted molar refractivity (Wildman–Crippen MR) is 110 cm³/mol. The van der Waals surface area contributed by atoms with Gasteiger partial charge in [0.1, 0.15) is 16.7 Å². The van der Waals surface area contributed by atoms with Crippen LogP contribution >= 0.6 is 11.6 Å². The van der Waals surface area contributed by atoms with Gasteiger partial charge in [-0.05, 0) is 49.1 Å². The van der Waals surface area contributed by atoms with E-state index in [0.29, 0.717) is 17.0 Å². The third-order valence-electron chi connectivity index (χ3n) is 4.15. The van der Waals surface area contributed by atoms with Crippen LogP contribution in [0.3, 0.4) is 0 Å². The first-order valence-electron chi connectivity index (χ1n) is 8.74. The van der Waals surface area contributed by atoms with Crippen LogP contribution in [-0.4, -0.2) is 14.5 Å². The molecule has 0 aliphatic carbocycles. The number of benzene rings is 1. The van der Waals surface area contributed by atoms with E-state index in [1.54, 1.807) is 0 Å². The molecular weight excluding hydrogens is 380 g/mol. The number of nitrogens with two attached hydrogens (primary N) is 1. The second-order valence-corrected chi connectivity index (χ2v) is 7.35. The fraction of sp³-hybridized carbons (Fsp3) is 0.250. The Labute approximate surface area is 166 Å². The molecule has 0 aliphatic heterocycles. The van der Waals surface area contributed by atoms with Crippen LogP contribution in [0.1, 0.15) is 36.5 Å². The lowest BCUT2D eigenvalue weighted by Crippen LogP contribution is -2.33. The van der Waals surface area contributed by atoms with Crippen LogP contribution in [0.15, 0.2) is 39.9 Å². The van der Waals surface area contributed by atoms with Gasteiger partial charge in [-0.1, -0.05) is 31.5 Å². The van der Waals surface area contributed by atoms with Gasteiger partial charge in [0, 0.05) is 6.07 Å². The van der Waals surface area contributed by atoms with Crippen molar-refractivity contribution >= 4 is 17.4 Å². The molecule has 0 spiro atoms. The van der Waals surface area contributed by atoms with E-state index in [-0.39, 0.29) is 22.8 Å². The zero-order valence-electron chi connectivity index (χ0n) is 16.0. The van der Waals surface area contributed by atoms with Crippen LogP contribution in [0.4, 0.5) is 5.82 Å². The molecule has 146 valence electrons. The van der Waals surface area contributed by atoms with Crippen molar-refractivity contribution in [2.45, 2.75) is 33.6 Å². The average molecular weight is 401 g/mol. The summed E-state index contributed by atoms with van der Waals surface area (Å²) < 4.78 is 7.35. The monoisotopic (exact) mass is 400 g/mol. The van der Waals surface area contributed by atoms with Gasteiger partial charge in [0.15, 0.2) is 0 Å². The number of aromatic amines is 1. The molecule has 0 bridgehead atoms. The number of anilines is 1. The van der Waals surface area contributed by atoms with Gasteiger partial charge in [0.05, 0.1) is 11.3 Å². The van der Waals surface area contributed by atoms with Crippen molar-refractivity contribution in [3.05, 3.63) is 73.0 Å². The van der Waals surface area contributed by atoms with Gasteiger partial charge in [-0.2, -0.15) is 0 Å². The van der Waals surface area contributed by atoms with Crippen molar-refractivity contribution in [1.82, 2.24) is 14.5 Å². The molecule has 3 aromatic rings. The molecule has 0 saturated heterocycles. The Hall–Kier alpha value is -3.06. The SMILES string of the molecule is Cc1cc(C)cc(Oc2c(C(C)C)c(=O)[nH]c(=O)n2-c2cc(N)nc(Cl)c2)c1. The summed E-state index contributed by atoms with van der Waals surface area (Å²) >= 11 is 6.02. The molecular formula is C20H21ClN4O3. The molecule has 3 N–H and O–H groups in total. The minimum Gasteiger partial charge on any atom is -0.440 e. The standard InChI is InChI=1S/C20H21ClN4O3/c1-10(2)17-18(26)24-20(27)25(13-8-15(21)23-16(22)9-13)19(17)28-14-6-11(3)5-12(4)7-14/h5-10H,1-4H3,(H2,22,23)(H,24,26,27). The number of nitrogens with one attached hydrogen (secondary N) is 1. The molecule has 0 amide bonds. The van der Waals surface area contributed by atoms with Gasteiger partial charge in [0.25, 0.3) is 5.56 Å². The number of nitrogens with zero attached hydrogens (tertiary/aromatic N) is 2. The number of H-pyrrole nitrogens is 1. The maximum Gasteiger partial charge on any atom is 0.335 e. The van der Waals surface area contributed by atoms with E-state index in [2.05, 4.69) is 9.97 Å². The summed E-state index contributed by atoms with van der Waals surface area (Å²) in [5, 5.41) is 0.122. The van der Waals surface area contributed by atoms with Gasteiger partial charge >= 0.3 is 5.69 Å². The second-order valence-electron chi connectivity index (χ2n) is 6.97. The van der Waals surface area contributed by atoms with E-state index in [1.165, 1.54) is 16.7 Å². The van der Waals surface area contributed by atoms with Crippen molar-refractivity contribution in [2.75, 3.05) is 5.73 Å². The Morgan fingerprint density at radius 2 is 1.75 bits per heavy atom. The van der Waals surface area contributed by atoms with E-state index in [9.17, 15) is 9.59 Å². The lowest BCUT2D eigenvalue weighted by Gasteiger charge is -2.19. The number of ether oxygens (including phenoxy) is 1. The largest absolute Gasteiger partial charge is 0.440 e. The van der Waals surface area contributed by atoms with Crippen molar-refractivity contribution in [1.29, 1.82) is 0 Å². The van der Waals surface area contributed by atoms with E-state index < -0.39 is 11.2 Å². The second kappa shape index (κ2) is 7.52. The zero-order valence-corrected chi connectivity index (χ0v) is 16.8. The molecule has 28 heavy (non-hydrogen) atoms. The summed E-state index contributed by atoms with van der Waals surface area (Å²) in [5.41, 5.74) is 7.32. The molecule has 0 saturated carbocycles. The highest BCUT2D eigenvalue weighted by molar-refractivity contribution is 6.29. The molecule has 0 fully saturated rings. The van der Waals surface area contributed by atoms with Gasteiger partial charge in [-0.3, -0.25) is 9.78 Å². The summed E-state index contributed by atoms with van der Waals surface area (Å²) in [7, 11) is 0. The molecule has 0 radical (unpaired) electrons. The van der Waals surface area contributed by atoms with E-state index in [1.807, 2.05) is 45.9 Å². The quantitative estimate of drug-likeness (QED) is 0.650. The maximum atomic E-state index is 12.7. The number of pyridine rings is 1. The first kappa shape index (κ1) is 19.7. The first-order valence-corrected chi connectivity index (χ1v) is 9.12. The number of hydrogen-bond acceptors (Lipinski definition) is 5. The van der Waals surface area contributed by atoms with Crippen LogP contribution in [0, 0.1) is 13.8 Å². The van der Waals surface area contributed by atoms with Crippen LogP contribution in [0.5, 0.6) is 11.6 Å². The Morgan fingerprint density at radius 3 is 2.32 bits per heavy atom. The summed E-state index contributed by atoms with van der Waals surface area (Å²) in [6.07, 6.45) is 0. The van der Waals surface area contributed by atoms with Gasteiger partial charge in [0.2, 0.25) is 5.88 Å². The Kier molecular flexibility index (Phi) is 5.29. The van der Waals surface area contributed by atoms with Crippen LogP contribution in [0.25, 0.3) is 5.69 Å². The van der Waals surface area contributed by atoms with Crippen molar-refractivity contribution in [3.63, 3.8) is 0 Å². The van der Waals surface area contributed by atoms with E-state index in [4.69, 9.17) is 22.1 Å². The number of hydrogen-bond donors (Lipinski definition) is 2. The smallest absolute Gasteiger partial charge is 0.335 e. The fourth-order valence-electron chi connectivity index (χ4n) is 3.11. The summed E-state index contributed by atoms with van der Waals surface area (Å²) in [4.78, 5) is 31.5. The highest BCUT2D eigenvalue weighted by Crippen LogP contribution is 2.31. The van der Waals surface area contributed by atoms with Gasteiger partial charge in [-0.15, -0.1) is 0 Å². The number of halogens is 1. The average Bonchev–Trinajstić information content (AvgIpc) is 2.51. The van der Waals surface area contributed by atoms with Crippen LogP contribution in [-0.2, 0) is 0 Å².